The van der Waals surface area contributed by atoms with Crippen LogP contribution in [0.25, 0.3) is 0 Å². The highest BCUT2D eigenvalue weighted by Gasteiger charge is 2.39. The van der Waals surface area contributed by atoms with E-state index in [-0.39, 0.29) is 35.0 Å². The van der Waals surface area contributed by atoms with Gasteiger partial charge in [0.05, 0.1) is 17.7 Å². The summed E-state index contributed by atoms with van der Waals surface area (Å²) in [6.07, 6.45) is 0. The lowest BCUT2D eigenvalue weighted by Crippen LogP contribution is -2.24. The molecule has 0 saturated carbocycles. The predicted octanol–water partition coefficient (Wildman–Crippen LogP) is 4.11. The van der Waals surface area contributed by atoms with Gasteiger partial charge in [0.2, 0.25) is 5.78 Å². The Kier molecular flexibility index (Phi) is 4.66. The fourth-order valence-electron chi connectivity index (χ4n) is 3.86. The summed E-state index contributed by atoms with van der Waals surface area (Å²) in [5, 5.41) is 0. The number of nitrogens with zero attached hydrogens (tertiary/aromatic N) is 1. The summed E-state index contributed by atoms with van der Waals surface area (Å²) < 4.78 is 6.98. The molecule has 1 aliphatic rings. The Morgan fingerprint density at radius 1 is 0.931 bits per heavy atom. The molecular formula is C24H21NO4. The maximum Gasteiger partial charge on any atom is 0.340 e. The van der Waals surface area contributed by atoms with Gasteiger partial charge in [-0.2, -0.15) is 0 Å². The minimum atomic E-state index is -0.579. The topological polar surface area (TPSA) is 65.4 Å². The fourth-order valence-corrected chi connectivity index (χ4v) is 3.86. The summed E-state index contributed by atoms with van der Waals surface area (Å²) in [5.74, 6) is -1.14. The zero-order valence-electron chi connectivity index (χ0n) is 16.6. The monoisotopic (exact) mass is 387 g/mol. The lowest BCUT2D eigenvalue weighted by Gasteiger charge is -2.18. The molecule has 0 amide bonds. The van der Waals surface area contributed by atoms with Crippen LogP contribution in [0.15, 0.2) is 48.5 Å². The summed E-state index contributed by atoms with van der Waals surface area (Å²) in [4.78, 5) is 39.3. The molecule has 29 heavy (non-hydrogen) atoms. The first-order chi connectivity index (χ1) is 13.9. The molecule has 5 heteroatoms. The van der Waals surface area contributed by atoms with Gasteiger partial charge in [0, 0.05) is 23.4 Å². The van der Waals surface area contributed by atoms with Crippen molar-refractivity contribution < 1.29 is 19.1 Å². The molecule has 0 fully saturated rings. The van der Waals surface area contributed by atoms with E-state index in [1.165, 1.54) is 0 Å². The van der Waals surface area contributed by atoms with E-state index in [2.05, 4.69) is 0 Å². The number of fused-ring (bicyclic) bond motifs is 2. The molecule has 5 nitrogen and oxygen atoms in total. The van der Waals surface area contributed by atoms with Crippen molar-refractivity contribution in [2.75, 3.05) is 6.61 Å². The maximum absolute atomic E-state index is 13.3. The smallest absolute Gasteiger partial charge is 0.340 e. The first-order valence-electron chi connectivity index (χ1n) is 9.58. The second kappa shape index (κ2) is 7.17. The fraction of sp³-hybridized carbons (Fsp3) is 0.208. The van der Waals surface area contributed by atoms with E-state index in [4.69, 9.17) is 4.74 Å². The Morgan fingerprint density at radius 3 is 2.17 bits per heavy atom. The molecule has 4 rings (SSSR count). The number of ether oxygens (including phenoxy) is 1. The highest BCUT2D eigenvalue weighted by molar-refractivity contribution is 6.30. The van der Waals surface area contributed by atoms with Gasteiger partial charge >= 0.3 is 5.97 Å². The van der Waals surface area contributed by atoms with Gasteiger partial charge in [0.15, 0.2) is 5.78 Å². The van der Waals surface area contributed by atoms with Gasteiger partial charge in [-0.1, -0.05) is 54.1 Å². The van der Waals surface area contributed by atoms with Crippen LogP contribution in [0.3, 0.4) is 0 Å². The highest BCUT2D eigenvalue weighted by atomic mass is 16.5. The van der Waals surface area contributed by atoms with Crippen LogP contribution in [0.2, 0.25) is 0 Å². The van der Waals surface area contributed by atoms with Crippen LogP contribution < -0.4 is 0 Å². The van der Waals surface area contributed by atoms with Gasteiger partial charge < -0.3 is 9.30 Å². The van der Waals surface area contributed by atoms with E-state index in [0.717, 1.165) is 11.1 Å². The Hall–Kier alpha value is -3.47. The molecule has 0 spiro atoms. The van der Waals surface area contributed by atoms with Gasteiger partial charge in [-0.15, -0.1) is 0 Å². The second-order valence-corrected chi connectivity index (χ2v) is 7.18. The molecule has 1 heterocycles. The molecule has 0 N–H and O–H groups in total. The van der Waals surface area contributed by atoms with Crippen molar-refractivity contribution in [1.29, 1.82) is 0 Å². The van der Waals surface area contributed by atoms with Gasteiger partial charge in [-0.3, -0.25) is 9.59 Å². The van der Waals surface area contributed by atoms with Crippen LogP contribution in [0.5, 0.6) is 0 Å². The lowest BCUT2D eigenvalue weighted by atomic mass is 9.86. The average Bonchev–Trinajstić information content (AvgIpc) is 3.01. The number of rotatable bonds is 4. The molecule has 0 unspecified atom stereocenters. The number of ketones is 2. The van der Waals surface area contributed by atoms with Crippen LogP contribution in [0.1, 0.15) is 66.1 Å². The van der Waals surface area contributed by atoms with Crippen LogP contribution in [0, 0.1) is 13.8 Å². The van der Waals surface area contributed by atoms with E-state index in [1.54, 1.807) is 42.7 Å². The molecule has 0 bridgehead atoms. The number of aromatic nitrogens is 1. The van der Waals surface area contributed by atoms with Crippen LogP contribution in [-0.2, 0) is 11.3 Å². The van der Waals surface area contributed by atoms with E-state index in [1.807, 2.05) is 31.2 Å². The Balaban J connectivity index is 1.95. The molecule has 146 valence electrons. The van der Waals surface area contributed by atoms with Crippen molar-refractivity contribution in [2.24, 2.45) is 0 Å². The highest BCUT2D eigenvalue weighted by Crippen LogP contribution is 2.34. The van der Waals surface area contributed by atoms with E-state index >= 15 is 0 Å². The van der Waals surface area contributed by atoms with Crippen molar-refractivity contribution in [1.82, 2.24) is 4.57 Å². The predicted molar refractivity (Wildman–Crippen MR) is 109 cm³/mol. The summed E-state index contributed by atoms with van der Waals surface area (Å²) in [5.41, 5.74) is 3.95. The van der Waals surface area contributed by atoms with Crippen LogP contribution in [-0.4, -0.2) is 28.7 Å². The van der Waals surface area contributed by atoms with Gasteiger partial charge in [0.1, 0.15) is 5.69 Å². The summed E-state index contributed by atoms with van der Waals surface area (Å²) in [6, 6.07) is 14.7. The molecule has 0 saturated heterocycles. The Labute approximate surface area is 168 Å². The van der Waals surface area contributed by atoms with E-state index in [0.29, 0.717) is 23.4 Å². The number of hydrogen-bond donors (Lipinski definition) is 0. The van der Waals surface area contributed by atoms with E-state index in [9.17, 15) is 14.4 Å². The zero-order valence-corrected chi connectivity index (χ0v) is 16.6. The minimum Gasteiger partial charge on any atom is -0.462 e. The number of hydrogen-bond acceptors (Lipinski definition) is 4. The quantitative estimate of drug-likeness (QED) is 0.495. The zero-order chi connectivity index (χ0) is 20.7. The number of benzene rings is 2. The normalized spacial score (nSPS) is 12.5. The van der Waals surface area contributed by atoms with Gasteiger partial charge in [0.25, 0.3) is 0 Å². The molecule has 2 aromatic carbocycles. The Bertz CT molecular complexity index is 1150. The molecule has 0 aliphatic heterocycles. The van der Waals surface area contributed by atoms with Crippen molar-refractivity contribution in [3.63, 3.8) is 0 Å². The SMILES string of the molecule is CCOC(=O)c1c2c(n(Cc3ccc(C)cc3)c1C)C(=O)c1ccccc1C2=O. The van der Waals surface area contributed by atoms with Gasteiger partial charge in [-0.05, 0) is 26.3 Å². The number of aryl methyl sites for hydroxylation is 1. The average molecular weight is 387 g/mol. The third-order valence-electron chi connectivity index (χ3n) is 5.32. The molecule has 0 radical (unpaired) electrons. The molecule has 1 aromatic heterocycles. The molecule has 0 atom stereocenters. The number of carbonyl (C=O) groups excluding carboxylic acids is 3. The third-order valence-corrected chi connectivity index (χ3v) is 5.32. The third kappa shape index (κ3) is 2.99. The number of esters is 1. The van der Waals surface area contributed by atoms with Crippen molar-refractivity contribution in [2.45, 2.75) is 27.3 Å². The largest absolute Gasteiger partial charge is 0.462 e. The lowest BCUT2D eigenvalue weighted by molar-refractivity contribution is 0.0522. The summed E-state index contributed by atoms with van der Waals surface area (Å²) in [7, 11) is 0. The standard InChI is InChI=1S/C24H21NO4/c1-4-29-24(28)19-15(3)25(13-16-11-9-14(2)10-12-16)21-20(19)22(26)17-7-5-6-8-18(17)23(21)27/h5-12H,4,13H2,1-3H3. The maximum atomic E-state index is 13.3. The molecule has 3 aromatic rings. The summed E-state index contributed by atoms with van der Waals surface area (Å²) in [6.45, 7) is 6.05. The van der Waals surface area contributed by atoms with Crippen molar-refractivity contribution in [3.8, 4) is 0 Å². The van der Waals surface area contributed by atoms with Crippen LogP contribution in [0.4, 0.5) is 0 Å². The van der Waals surface area contributed by atoms with Crippen molar-refractivity contribution >= 4 is 17.5 Å². The van der Waals surface area contributed by atoms with Crippen LogP contribution >= 0.6 is 0 Å². The minimum absolute atomic E-state index is 0.150. The van der Waals surface area contributed by atoms with Gasteiger partial charge in [-0.25, -0.2) is 4.79 Å². The van der Waals surface area contributed by atoms with Crippen molar-refractivity contribution in [3.05, 3.63) is 93.3 Å². The molecular weight excluding hydrogens is 366 g/mol. The summed E-state index contributed by atoms with van der Waals surface area (Å²) >= 11 is 0. The second-order valence-electron chi connectivity index (χ2n) is 7.18. The first kappa shape index (κ1) is 18.9. The Morgan fingerprint density at radius 2 is 1.55 bits per heavy atom. The van der Waals surface area contributed by atoms with E-state index < -0.39 is 5.97 Å². The number of carbonyl (C=O) groups is 3. The first-order valence-corrected chi connectivity index (χ1v) is 9.58. The molecule has 1 aliphatic carbocycles.